The first-order chi connectivity index (χ1) is 10.6. The lowest BCUT2D eigenvalue weighted by Gasteiger charge is -2.34. The highest BCUT2D eigenvalue weighted by Gasteiger charge is 2.45. The van der Waals surface area contributed by atoms with Crippen LogP contribution in [0.4, 0.5) is 0 Å². The number of fused-ring (bicyclic) bond motifs is 2. The van der Waals surface area contributed by atoms with Crippen molar-refractivity contribution < 1.29 is 14.7 Å². The average molecular weight is 299 g/mol. The summed E-state index contributed by atoms with van der Waals surface area (Å²) in [5.41, 5.74) is 2.02. The van der Waals surface area contributed by atoms with Gasteiger partial charge >= 0.3 is 0 Å². The van der Waals surface area contributed by atoms with Gasteiger partial charge in [0, 0.05) is 36.5 Å². The van der Waals surface area contributed by atoms with E-state index in [1.807, 2.05) is 30.5 Å². The smallest absolute Gasteiger partial charge is 0.246 e. The van der Waals surface area contributed by atoms with E-state index in [1.165, 1.54) is 4.90 Å². The van der Waals surface area contributed by atoms with Crippen LogP contribution in [0.3, 0.4) is 0 Å². The van der Waals surface area contributed by atoms with Crippen LogP contribution in [-0.4, -0.2) is 51.5 Å². The largest absolute Gasteiger partial charge is 0.391 e. The zero-order valence-corrected chi connectivity index (χ0v) is 12.0. The monoisotopic (exact) mass is 299 g/mol. The fourth-order valence-corrected chi connectivity index (χ4v) is 3.49. The molecule has 3 N–H and O–H groups in total. The lowest BCUT2D eigenvalue weighted by atomic mass is 10.0. The van der Waals surface area contributed by atoms with E-state index < -0.39 is 18.2 Å². The van der Waals surface area contributed by atoms with Crippen LogP contribution in [0.25, 0.3) is 10.9 Å². The number of para-hydroxylation sites is 1. The Hall–Kier alpha value is -2.34. The van der Waals surface area contributed by atoms with Gasteiger partial charge in [-0.15, -0.1) is 0 Å². The van der Waals surface area contributed by atoms with Crippen LogP contribution >= 0.6 is 0 Å². The van der Waals surface area contributed by atoms with Gasteiger partial charge in [0.25, 0.3) is 0 Å². The standard InChI is InChI=1S/C16H17N3O3/c20-10-6-14-15(21)18-13(16(22)19(14)8-10)5-9-7-17-12-4-2-1-3-11(9)12/h1-4,7,10,13-14,17,20H,5-6,8H2,(H,18,21). The third kappa shape index (κ3) is 1.99. The Bertz CT molecular complexity index is 754. The Kier molecular flexibility index (Phi) is 2.94. The Morgan fingerprint density at radius 1 is 1.27 bits per heavy atom. The quantitative estimate of drug-likeness (QED) is 0.739. The van der Waals surface area contributed by atoms with E-state index in [-0.39, 0.29) is 18.4 Å². The van der Waals surface area contributed by atoms with Gasteiger partial charge in [-0.1, -0.05) is 18.2 Å². The minimum absolute atomic E-state index is 0.105. The molecular formula is C16H17N3O3. The van der Waals surface area contributed by atoms with Crippen LogP contribution in [-0.2, 0) is 16.0 Å². The molecule has 0 aliphatic carbocycles. The van der Waals surface area contributed by atoms with Crippen molar-refractivity contribution in [2.75, 3.05) is 6.54 Å². The number of carbonyl (C=O) groups is 2. The van der Waals surface area contributed by atoms with Crippen molar-refractivity contribution in [1.82, 2.24) is 15.2 Å². The van der Waals surface area contributed by atoms with E-state index in [2.05, 4.69) is 10.3 Å². The molecule has 1 aromatic heterocycles. The lowest BCUT2D eigenvalue weighted by molar-refractivity contribution is -0.147. The summed E-state index contributed by atoms with van der Waals surface area (Å²) in [4.78, 5) is 29.4. The second-order valence-electron chi connectivity index (χ2n) is 6.02. The van der Waals surface area contributed by atoms with Crippen molar-refractivity contribution in [3.8, 4) is 0 Å². The summed E-state index contributed by atoms with van der Waals surface area (Å²) in [5.74, 6) is -0.271. The number of nitrogens with one attached hydrogen (secondary N) is 2. The number of piperazine rings is 1. The average Bonchev–Trinajstić information content (AvgIpc) is 3.09. The molecule has 2 aliphatic heterocycles. The number of rotatable bonds is 2. The minimum atomic E-state index is -0.605. The lowest BCUT2D eigenvalue weighted by Crippen LogP contribution is -2.61. The molecule has 1 aromatic carbocycles. The Morgan fingerprint density at radius 2 is 2.09 bits per heavy atom. The van der Waals surface area contributed by atoms with E-state index in [0.717, 1.165) is 16.5 Å². The number of aliphatic hydroxyl groups is 1. The predicted octanol–water partition coefficient (Wildman–Crippen LogP) is 0.171. The first kappa shape index (κ1) is 13.3. The number of aliphatic hydroxyl groups excluding tert-OH is 1. The normalized spacial score (nSPS) is 28.0. The van der Waals surface area contributed by atoms with Gasteiger partial charge in [-0.2, -0.15) is 0 Å². The molecular weight excluding hydrogens is 282 g/mol. The minimum Gasteiger partial charge on any atom is -0.391 e. The maximum atomic E-state index is 12.6. The van der Waals surface area contributed by atoms with Gasteiger partial charge in [0.1, 0.15) is 12.1 Å². The summed E-state index contributed by atoms with van der Waals surface area (Å²) in [6.07, 6.45) is 2.06. The molecule has 114 valence electrons. The molecule has 0 bridgehead atoms. The number of aromatic amines is 1. The SMILES string of the molecule is O=C1NC(Cc2c[nH]c3ccccc23)C(=O)N2CC(O)CC12. The number of benzene rings is 1. The van der Waals surface area contributed by atoms with Gasteiger partial charge in [0.15, 0.2) is 0 Å². The van der Waals surface area contributed by atoms with Crippen LogP contribution in [0.15, 0.2) is 30.5 Å². The third-order valence-corrected chi connectivity index (χ3v) is 4.58. The molecule has 0 saturated carbocycles. The summed E-state index contributed by atoms with van der Waals surface area (Å²) in [6.45, 7) is 0.251. The zero-order valence-electron chi connectivity index (χ0n) is 12.0. The zero-order chi connectivity index (χ0) is 15.3. The Balaban J connectivity index is 1.60. The molecule has 0 radical (unpaired) electrons. The maximum absolute atomic E-state index is 12.6. The summed E-state index contributed by atoms with van der Waals surface area (Å²) < 4.78 is 0. The second-order valence-corrected chi connectivity index (χ2v) is 6.02. The first-order valence-electron chi connectivity index (χ1n) is 7.47. The summed E-state index contributed by atoms with van der Waals surface area (Å²) in [6, 6.07) is 6.81. The van der Waals surface area contributed by atoms with Crippen molar-refractivity contribution in [2.45, 2.75) is 31.0 Å². The van der Waals surface area contributed by atoms with Crippen LogP contribution in [0.1, 0.15) is 12.0 Å². The number of hydrogen-bond donors (Lipinski definition) is 3. The van der Waals surface area contributed by atoms with Gasteiger partial charge in [0.2, 0.25) is 11.8 Å². The molecule has 2 amide bonds. The molecule has 2 fully saturated rings. The fraction of sp³-hybridized carbons (Fsp3) is 0.375. The van der Waals surface area contributed by atoms with Crippen LogP contribution in [0.5, 0.6) is 0 Å². The first-order valence-corrected chi connectivity index (χ1v) is 7.47. The molecule has 3 unspecified atom stereocenters. The molecule has 2 aliphatic rings. The van der Waals surface area contributed by atoms with E-state index in [1.54, 1.807) is 0 Å². The Morgan fingerprint density at radius 3 is 2.95 bits per heavy atom. The molecule has 2 saturated heterocycles. The van der Waals surface area contributed by atoms with E-state index in [0.29, 0.717) is 12.8 Å². The summed E-state index contributed by atoms with van der Waals surface area (Å²) >= 11 is 0. The second kappa shape index (κ2) is 4.84. The van der Waals surface area contributed by atoms with Crippen molar-refractivity contribution in [3.63, 3.8) is 0 Å². The summed E-state index contributed by atoms with van der Waals surface area (Å²) in [5, 5.41) is 13.6. The molecule has 4 rings (SSSR count). The van der Waals surface area contributed by atoms with Crippen molar-refractivity contribution >= 4 is 22.7 Å². The van der Waals surface area contributed by atoms with Crippen LogP contribution < -0.4 is 5.32 Å². The highest BCUT2D eigenvalue weighted by atomic mass is 16.3. The topological polar surface area (TPSA) is 85.4 Å². The molecule has 6 nitrogen and oxygen atoms in total. The van der Waals surface area contributed by atoms with Gasteiger partial charge in [-0.05, 0) is 11.6 Å². The number of carbonyl (C=O) groups excluding carboxylic acids is 2. The van der Waals surface area contributed by atoms with Crippen molar-refractivity contribution in [1.29, 1.82) is 0 Å². The molecule has 2 aromatic rings. The summed E-state index contributed by atoms with van der Waals surface area (Å²) in [7, 11) is 0. The number of nitrogens with zero attached hydrogens (tertiary/aromatic N) is 1. The predicted molar refractivity (Wildman–Crippen MR) is 80.1 cm³/mol. The number of aromatic nitrogens is 1. The van der Waals surface area contributed by atoms with Crippen molar-refractivity contribution in [3.05, 3.63) is 36.0 Å². The maximum Gasteiger partial charge on any atom is 0.246 e. The van der Waals surface area contributed by atoms with Gasteiger partial charge in [0.05, 0.1) is 6.10 Å². The molecule has 22 heavy (non-hydrogen) atoms. The molecule has 3 heterocycles. The highest BCUT2D eigenvalue weighted by Crippen LogP contribution is 2.25. The van der Waals surface area contributed by atoms with Gasteiger partial charge in [-0.3, -0.25) is 9.59 Å². The molecule has 3 atom stereocenters. The van der Waals surface area contributed by atoms with Gasteiger partial charge < -0.3 is 20.3 Å². The van der Waals surface area contributed by atoms with E-state index in [4.69, 9.17) is 0 Å². The highest BCUT2D eigenvalue weighted by molar-refractivity contribution is 5.98. The van der Waals surface area contributed by atoms with Gasteiger partial charge in [-0.25, -0.2) is 0 Å². The van der Waals surface area contributed by atoms with Crippen molar-refractivity contribution in [2.24, 2.45) is 0 Å². The third-order valence-electron chi connectivity index (χ3n) is 4.58. The Labute approximate surface area is 127 Å². The van der Waals surface area contributed by atoms with Crippen LogP contribution in [0, 0.1) is 0 Å². The fourth-order valence-electron chi connectivity index (χ4n) is 3.49. The number of hydrogen-bond acceptors (Lipinski definition) is 3. The van der Waals surface area contributed by atoms with Crippen LogP contribution in [0.2, 0.25) is 0 Å². The number of amides is 2. The number of H-pyrrole nitrogens is 1. The molecule has 6 heteroatoms. The van der Waals surface area contributed by atoms with E-state index in [9.17, 15) is 14.7 Å². The molecule has 0 spiro atoms. The van der Waals surface area contributed by atoms with E-state index >= 15 is 0 Å².